The quantitative estimate of drug-likeness (QED) is 0.479. The van der Waals surface area contributed by atoms with Crippen molar-refractivity contribution in [2.24, 2.45) is 16.7 Å². The molecule has 0 heterocycles. The van der Waals surface area contributed by atoms with Crippen LogP contribution in [0.3, 0.4) is 0 Å². The Morgan fingerprint density at radius 3 is 2.15 bits per heavy atom. The van der Waals surface area contributed by atoms with Crippen molar-refractivity contribution in [2.75, 3.05) is 0 Å². The van der Waals surface area contributed by atoms with E-state index in [4.69, 9.17) is 0 Å². The molecule has 0 bridgehead atoms. The summed E-state index contributed by atoms with van der Waals surface area (Å²) in [4.78, 5) is 0. The van der Waals surface area contributed by atoms with Crippen LogP contribution in [0.25, 0.3) is 0 Å². The van der Waals surface area contributed by atoms with E-state index >= 15 is 0 Å². The highest BCUT2D eigenvalue weighted by atomic mass is 14.4. The fourth-order valence-electron chi connectivity index (χ4n) is 3.28. The van der Waals surface area contributed by atoms with E-state index in [9.17, 15) is 0 Å². The molecule has 0 aromatic carbocycles. The summed E-state index contributed by atoms with van der Waals surface area (Å²) >= 11 is 0. The first-order valence-corrected chi connectivity index (χ1v) is 5.84. The Morgan fingerprint density at radius 1 is 1.00 bits per heavy atom. The molecule has 1 fully saturated rings. The van der Waals surface area contributed by atoms with Gasteiger partial charge in [0.1, 0.15) is 0 Å². The highest BCUT2D eigenvalue weighted by Gasteiger charge is 2.38. The lowest BCUT2D eigenvalue weighted by Crippen LogP contribution is -2.33. The third kappa shape index (κ3) is 2.72. The van der Waals surface area contributed by atoms with Crippen LogP contribution >= 0.6 is 0 Å². The van der Waals surface area contributed by atoms with Crippen molar-refractivity contribution in [3.8, 4) is 0 Å². The molecule has 0 nitrogen and oxygen atoms in total. The minimum atomic E-state index is 0.494. The largest absolute Gasteiger partial charge is 0.0599 e. The second-order valence-corrected chi connectivity index (χ2v) is 6.51. The lowest BCUT2D eigenvalue weighted by molar-refractivity contribution is 0.0786. The van der Waals surface area contributed by atoms with Crippen LogP contribution in [0.2, 0.25) is 0 Å². The number of hydrogen-bond acceptors (Lipinski definition) is 0. The molecule has 0 saturated heterocycles. The van der Waals surface area contributed by atoms with Crippen molar-refractivity contribution in [1.82, 2.24) is 0 Å². The molecule has 0 aliphatic heterocycles. The van der Waals surface area contributed by atoms with Crippen molar-refractivity contribution in [3.63, 3.8) is 0 Å². The van der Waals surface area contributed by atoms with Crippen molar-refractivity contribution in [2.45, 2.75) is 66.7 Å². The first kappa shape index (κ1) is 11.1. The van der Waals surface area contributed by atoms with Crippen LogP contribution in [0.5, 0.6) is 0 Å². The van der Waals surface area contributed by atoms with Gasteiger partial charge in [-0.25, -0.2) is 0 Å². The molecule has 1 saturated carbocycles. The molecule has 1 rings (SSSR count). The third-order valence-corrected chi connectivity index (χ3v) is 3.80. The molecule has 1 atom stereocenters. The van der Waals surface area contributed by atoms with E-state index in [0.29, 0.717) is 10.8 Å². The third-order valence-electron chi connectivity index (χ3n) is 3.80. The Morgan fingerprint density at radius 2 is 1.62 bits per heavy atom. The molecule has 0 radical (unpaired) electrons. The smallest absolute Gasteiger partial charge is 0.0314 e. The SMILES string of the molecule is CC(C)(C)C1CCCCCC1(C)C. The van der Waals surface area contributed by atoms with Crippen LogP contribution in [0, 0.1) is 16.7 Å². The molecule has 0 heteroatoms. The van der Waals surface area contributed by atoms with Crippen LogP contribution in [0.4, 0.5) is 0 Å². The van der Waals surface area contributed by atoms with Gasteiger partial charge in [0, 0.05) is 0 Å². The molecule has 0 aromatic rings. The first-order chi connectivity index (χ1) is 5.84. The van der Waals surface area contributed by atoms with Crippen molar-refractivity contribution < 1.29 is 0 Å². The lowest BCUT2D eigenvalue weighted by Gasteiger charge is -2.42. The van der Waals surface area contributed by atoms with Gasteiger partial charge in [-0.3, -0.25) is 0 Å². The Labute approximate surface area is 84.1 Å². The summed E-state index contributed by atoms with van der Waals surface area (Å²) in [6.07, 6.45) is 7.21. The second kappa shape index (κ2) is 3.63. The summed E-state index contributed by atoms with van der Waals surface area (Å²) in [7, 11) is 0. The van der Waals surface area contributed by atoms with Gasteiger partial charge in [0.15, 0.2) is 0 Å². The number of rotatable bonds is 0. The fraction of sp³-hybridized carbons (Fsp3) is 1.00. The lowest BCUT2D eigenvalue weighted by atomic mass is 9.63. The van der Waals surface area contributed by atoms with Crippen molar-refractivity contribution >= 4 is 0 Å². The Bertz CT molecular complexity index is 159. The molecular weight excluding hydrogens is 156 g/mol. The van der Waals surface area contributed by atoms with Crippen molar-refractivity contribution in [1.29, 1.82) is 0 Å². The second-order valence-electron chi connectivity index (χ2n) is 6.51. The standard InChI is InChI=1S/C13H26/c1-12(2,3)11-9-7-6-8-10-13(11,4)5/h11H,6-10H2,1-5H3. The van der Waals surface area contributed by atoms with Crippen LogP contribution < -0.4 is 0 Å². The summed E-state index contributed by atoms with van der Waals surface area (Å²) < 4.78 is 0. The van der Waals surface area contributed by atoms with E-state index in [1.165, 1.54) is 32.1 Å². The minimum absolute atomic E-state index is 0.494. The molecule has 0 spiro atoms. The van der Waals surface area contributed by atoms with Gasteiger partial charge in [-0.05, 0) is 29.6 Å². The van der Waals surface area contributed by atoms with Crippen LogP contribution in [0.1, 0.15) is 66.7 Å². The fourth-order valence-corrected chi connectivity index (χ4v) is 3.28. The van der Waals surface area contributed by atoms with E-state index in [1.807, 2.05) is 0 Å². The molecule has 1 unspecified atom stereocenters. The van der Waals surface area contributed by atoms with Crippen LogP contribution in [-0.2, 0) is 0 Å². The molecule has 0 aromatic heterocycles. The highest BCUT2D eigenvalue weighted by molar-refractivity contribution is 4.88. The molecule has 0 N–H and O–H groups in total. The van der Waals surface area contributed by atoms with Gasteiger partial charge in [-0.2, -0.15) is 0 Å². The highest BCUT2D eigenvalue weighted by Crippen LogP contribution is 2.47. The van der Waals surface area contributed by atoms with Gasteiger partial charge in [0.05, 0.1) is 0 Å². The first-order valence-electron chi connectivity index (χ1n) is 5.84. The van der Waals surface area contributed by atoms with E-state index < -0.39 is 0 Å². The Hall–Kier alpha value is 0. The molecular formula is C13H26. The maximum atomic E-state index is 2.47. The van der Waals surface area contributed by atoms with Gasteiger partial charge < -0.3 is 0 Å². The predicted octanol–water partition coefficient (Wildman–Crippen LogP) is 4.64. The summed E-state index contributed by atoms with van der Waals surface area (Å²) in [6.45, 7) is 12.2. The Kier molecular flexibility index (Phi) is 3.09. The maximum absolute atomic E-state index is 2.47. The predicted molar refractivity (Wildman–Crippen MR) is 59.8 cm³/mol. The normalized spacial score (nSPS) is 29.8. The zero-order valence-electron chi connectivity index (χ0n) is 10.1. The topological polar surface area (TPSA) is 0 Å². The molecule has 78 valence electrons. The maximum Gasteiger partial charge on any atom is -0.0314 e. The van der Waals surface area contributed by atoms with E-state index in [1.54, 1.807) is 0 Å². The van der Waals surface area contributed by atoms with Gasteiger partial charge >= 0.3 is 0 Å². The zero-order valence-corrected chi connectivity index (χ0v) is 10.1. The molecule has 0 amide bonds. The minimum Gasteiger partial charge on any atom is -0.0599 e. The summed E-state index contributed by atoms with van der Waals surface area (Å²) in [5.74, 6) is 0.905. The van der Waals surface area contributed by atoms with Gasteiger partial charge in [0.25, 0.3) is 0 Å². The van der Waals surface area contributed by atoms with Crippen LogP contribution in [0.15, 0.2) is 0 Å². The monoisotopic (exact) mass is 182 g/mol. The van der Waals surface area contributed by atoms with Crippen molar-refractivity contribution in [3.05, 3.63) is 0 Å². The molecule has 1 aliphatic rings. The van der Waals surface area contributed by atoms with E-state index in [0.717, 1.165) is 5.92 Å². The van der Waals surface area contributed by atoms with Gasteiger partial charge in [-0.1, -0.05) is 53.9 Å². The van der Waals surface area contributed by atoms with Gasteiger partial charge in [-0.15, -0.1) is 0 Å². The van der Waals surface area contributed by atoms with E-state index in [2.05, 4.69) is 34.6 Å². The summed E-state index contributed by atoms with van der Waals surface area (Å²) in [5, 5.41) is 0. The molecule has 13 heavy (non-hydrogen) atoms. The molecule has 1 aliphatic carbocycles. The van der Waals surface area contributed by atoms with Gasteiger partial charge in [0.2, 0.25) is 0 Å². The summed E-state index contributed by atoms with van der Waals surface area (Å²) in [5.41, 5.74) is 1.06. The van der Waals surface area contributed by atoms with Crippen LogP contribution in [-0.4, -0.2) is 0 Å². The average molecular weight is 182 g/mol. The van der Waals surface area contributed by atoms with E-state index in [-0.39, 0.29) is 0 Å². The number of hydrogen-bond donors (Lipinski definition) is 0. The zero-order chi connectivity index (χ0) is 10.1. The summed E-state index contributed by atoms with van der Waals surface area (Å²) in [6, 6.07) is 0. The average Bonchev–Trinajstić information content (AvgIpc) is 2.07. The Balaban J connectivity index is 2.78.